The van der Waals surface area contributed by atoms with Crippen molar-refractivity contribution >= 4 is 66.3 Å². The van der Waals surface area contributed by atoms with Gasteiger partial charge in [0.15, 0.2) is 0 Å². The van der Waals surface area contributed by atoms with Crippen molar-refractivity contribution in [3.8, 4) is 16.9 Å². The minimum absolute atomic E-state index is 0.702. The second-order valence-electron chi connectivity index (χ2n) is 10.3. The van der Waals surface area contributed by atoms with Gasteiger partial charge in [-0.1, -0.05) is 72.8 Å². The number of allylic oxidation sites excluding steroid dienone is 1. The summed E-state index contributed by atoms with van der Waals surface area (Å²) in [6.07, 6.45) is 4.03. The SMILES string of the molecule is C/C=C\c1ccc2ccc(-n3c4ccccc4c4cc(-c5ccc6[nH]c7ccccc7c6c5)ccc43)nc2c1N. The second-order valence-corrected chi connectivity index (χ2v) is 10.3. The molecule has 0 bridgehead atoms. The Morgan fingerprint density at radius 1 is 0.675 bits per heavy atom. The first kappa shape index (κ1) is 22.6. The summed E-state index contributed by atoms with van der Waals surface area (Å²) in [5.41, 5.74) is 16.0. The van der Waals surface area contributed by atoms with Gasteiger partial charge < -0.3 is 10.7 Å². The van der Waals surface area contributed by atoms with E-state index in [1.165, 1.54) is 32.7 Å². The van der Waals surface area contributed by atoms with E-state index in [1.807, 2.05) is 19.1 Å². The van der Waals surface area contributed by atoms with Gasteiger partial charge in [-0.2, -0.15) is 0 Å². The third-order valence-electron chi connectivity index (χ3n) is 8.01. The van der Waals surface area contributed by atoms with Crippen molar-refractivity contribution in [2.24, 2.45) is 0 Å². The van der Waals surface area contributed by atoms with Crippen molar-refractivity contribution < 1.29 is 0 Å². The first-order chi connectivity index (χ1) is 19.7. The topological polar surface area (TPSA) is 59.6 Å². The van der Waals surface area contributed by atoms with Crippen LogP contribution in [-0.2, 0) is 0 Å². The molecule has 8 rings (SSSR count). The molecule has 0 aliphatic carbocycles. The Bertz CT molecular complexity index is 2300. The number of nitrogens with zero attached hydrogens (tertiary/aromatic N) is 2. The number of anilines is 1. The van der Waals surface area contributed by atoms with E-state index in [4.69, 9.17) is 10.7 Å². The van der Waals surface area contributed by atoms with Crippen LogP contribution in [0.25, 0.3) is 77.5 Å². The van der Waals surface area contributed by atoms with Crippen LogP contribution in [0.5, 0.6) is 0 Å². The van der Waals surface area contributed by atoms with Crippen molar-refractivity contribution in [2.45, 2.75) is 6.92 Å². The average Bonchev–Trinajstić information content (AvgIpc) is 3.53. The number of para-hydroxylation sites is 2. The minimum atomic E-state index is 0.702. The van der Waals surface area contributed by atoms with E-state index < -0.39 is 0 Å². The fourth-order valence-corrected chi connectivity index (χ4v) is 6.09. The number of aromatic amines is 1. The lowest BCUT2D eigenvalue weighted by Crippen LogP contribution is -2.00. The van der Waals surface area contributed by atoms with Crippen molar-refractivity contribution in [3.63, 3.8) is 0 Å². The molecular formula is C36H26N4. The third-order valence-corrected chi connectivity index (χ3v) is 8.01. The number of fused-ring (bicyclic) bond motifs is 7. The lowest BCUT2D eigenvalue weighted by molar-refractivity contribution is 1.10. The van der Waals surface area contributed by atoms with Crippen LogP contribution in [-0.4, -0.2) is 14.5 Å². The van der Waals surface area contributed by atoms with Gasteiger partial charge in [-0.3, -0.25) is 4.57 Å². The van der Waals surface area contributed by atoms with Crippen LogP contribution >= 0.6 is 0 Å². The van der Waals surface area contributed by atoms with Crippen LogP contribution in [0.2, 0.25) is 0 Å². The van der Waals surface area contributed by atoms with E-state index in [9.17, 15) is 0 Å². The minimum Gasteiger partial charge on any atom is -0.396 e. The molecule has 190 valence electrons. The highest BCUT2D eigenvalue weighted by atomic mass is 15.1. The third kappa shape index (κ3) is 3.29. The van der Waals surface area contributed by atoms with Crippen LogP contribution < -0.4 is 5.73 Å². The number of nitrogens with two attached hydrogens (primary N) is 1. The molecule has 0 saturated heterocycles. The van der Waals surface area contributed by atoms with Gasteiger partial charge >= 0.3 is 0 Å². The van der Waals surface area contributed by atoms with Crippen LogP contribution in [0.15, 0.2) is 115 Å². The molecule has 0 atom stereocenters. The Balaban J connectivity index is 1.34. The maximum atomic E-state index is 6.58. The number of hydrogen-bond donors (Lipinski definition) is 2. The largest absolute Gasteiger partial charge is 0.396 e. The highest BCUT2D eigenvalue weighted by Gasteiger charge is 2.15. The monoisotopic (exact) mass is 514 g/mol. The zero-order valence-electron chi connectivity index (χ0n) is 22.0. The molecule has 3 heterocycles. The first-order valence-corrected chi connectivity index (χ1v) is 13.6. The Kier molecular flexibility index (Phi) is 4.85. The molecular weight excluding hydrogens is 488 g/mol. The van der Waals surface area contributed by atoms with E-state index in [0.717, 1.165) is 44.4 Å². The number of benzene rings is 5. The molecule has 8 aromatic rings. The predicted octanol–water partition coefficient (Wildman–Crippen LogP) is 9.25. The number of aromatic nitrogens is 3. The summed E-state index contributed by atoms with van der Waals surface area (Å²) in [4.78, 5) is 8.63. The van der Waals surface area contributed by atoms with Gasteiger partial charge in [-0.15, -0.1) is 0 Å². The summed E-state index contributed by atoms with van der Waals surface area (Å²) in [6, 6.07) is 38.8. The maximum absolute atomic E-state index is 6.58. The Labute approximate surface area is 231 Å². The van der Waals surface area contributed by atoms with Crippen LogP contribution in [0.1, 0.15) is 12.5 Å². The van der Waals surface area contributed by atoms with Crippen molar-refractivity contribution in [2.75, 3.05) is 5.73 Å². The van der Waals surface area contributed by atoms with E-state index >= 15 is 0 Å². The molecule has 0 aliphatic rings. The van der Waals surface area contributed by atoms with Gasteiger partial charge in [0.2, 0.25) is 0 Å². The molecule has 5 aromatic carbocycles. The lowest BCUT2D eigenvalue weighted by Gasteiger charge is -2.11. The molecule has 0 unspecified atom stereocenters. The maximum Gasteiger partial charge on any atom is 0.138 e. The Hall–Kier alpha value is -5.35. The van der Waals surface area contributed by atoms with Crippen molar-refractivity contribution in [3.05, 3.63) is 121 Å². The van der Waals surface area contributed by atoms with Crippen LogP contribution in [0, 0.1) is 0 Å². The number of pyridine rings is 1. The number of nitrogens with one attached hydrogen (secondary N) is 1. The molecule has 40 heavy (non-hydrogen) atoms. The van der Waals surface area contributed by atoms with Crippen molar-refractivity contribution in [1.82, 2.24) is 14.5 Å². The normalized spacial score (nSPS) is 12.1. The first-order valence-electron chi connectivity index (χ1n) is 13.6. The molecule has 0 fully saturated rings. The predicted molar refractivity (Wildman–Crippen MR) is 170 cm³/mol. The molecule has 0 aliphatic heterocycles. The molecule has 3 N–H and O–H groups in total. The molecule has 4 heteroatoms. The molecule has 0 saturated carbocycles. The van der Waals surface area contributed by atoms with Gasteiger partial charge in [-0.05, 0) is 72.1 Å². The molecule has 3 aromatic heterocycles. The van der Waals surface area contributed by atoms with E-state index in [2.05, 4.69) is 119 Å². The quantitative estimate of drug-likeness (QED) is 0.231. The molecule has 0 amide bonds. The van der Waals surface area contributed by atoms with E-state index in [-0.39, 0.29) is 0 Å². The summed E-state index contributed by atoms with van der Waals surface area (Å²) in [7, 11) is 0. The number of hydrogen-bond acceptors (Lipinski definition) is 2. The highest BCUT2D eigenvalue weighted by molar-refractivity contribution is 6.12. The number of rotatable bonds is 3. The molecule has 4 nitrogen and oxygen atoms in total. The van der Waals surface area contributed by atoms with Gasteiger partial charge in [0, 0.05) is 38.0 Å². The summed E-state index contributed by atoms with van der Waals surface area (Å²) >= 11 is 0. The average molecular weight is 515 g/mol. The number of nitrogen functional groups attached to an aromatic ring is 1. The molecule has 0 spiro atoms. The lowest BCUT2D eigenvalue weighted by atomic mass is 10.0. The van der Waals surface area contributed by atoms with Crippen LogP contribution in [0.4, 0.5) is 5.69 Å². The zero-order valence-corrected chi connectivity index (χ0v) is 22.0. The summed E-state index contributed by atoms with van der Waals surface area (Å²) < 4.78 is 2.25. The van der Waals surface area contributed by atoms with Gasteiger partial charge in [0.1, 0.15) is 5.82 Å². The van der Waals surface area contributed by atoms with Gasteiger partial charge in [0.25, 0.3) is 0 Å². The fourth-order valence-electron chi connectivity index (χ4n) is 6.09. The summed E-state index contributed by atoms with van der Waals surface area (Å²) in [5, 5.41) is 5.92. The Morgan fingerprint density at radius 3 is 2.25 bits per heavy atom. The summed E-state index contributed by atoms with van der Waals surface area (Å²) in [6.45, 7) is 2.00. The van der Waals surface area contributed by atoms with E-state index in [0.29, 0.717) is 5.69 Å². The zero-order chi connectivity index (χ0) is 26.8. The smallest absolute Gasteiger partial charge is 0.138 e. The Morgan fingerprint density at radius 2 is 1.38 bits per heavy atom. The van der Waals surface area contributed by atoms with E-state index in [1.54, 1.807) is 0 Å². The number of H-pyrrole nitrogens is 1. The van der Waals surface area contributed by atoms with Gasteiger partial charge in [0.05, 0.1) is 22.2 Å². The standard InChI is InChI=1S/C36H26N4/c1-2-7-22-12-13-23-16-19-34(39-36(23)35(22)37)40-32-11-6-4-9-27(32)29-21-25(15-18-33(29)40)24-14-17-31-28(20-24)26-8-3-5-10-30(26)38-31/h2-21,38H,37H2,1H3/b7-2-. The fraction of sp³-hybridized carbons (Fsp3) is 0.0278. The van der Waals surface area contributed by atoms with Crippen LogP contribution in [0.3, 0.4) is 0 Å². The highest BCUT2D eigenvalue weighted by Crippen LogP contribution is 2.37. The molecule has 0 radical (unpaired) electrons. The summed E-state index contributed by atoms with van der Waals surface area (Å²) in [5.74, 6) is 0.857. The van der Waals surface area contributed by atoms with Crippen molar-refractivity contribution in [1.29, 1.82) is 0 Å². The second kappa shape index (κ2) is 8.58. The van der Waals surface area contributed by atoms with Gasteiger partial charge in [-0.25, -0.2) is 4.98 Å².